The molecule has 0 aromatic heterocycles. The zero-order valence-electron chi connectivity index (χ0n) is 11.8. The standard InChI is InChI=1S/C16H28O2/c1-15-12-10-8-6-4-2-3-5-7-9-11-13-18-16(17)14-15/h8,10,15H,2-7,9,11-14H2,1H3. The summed E-state index contributed by atoms with van der Waals surface area (Å²) in [4.78, 5) is 11.5. The fourth-order valence-electron chi connectivity index (χ4n) is 2.31. The Labute approximate surface area is 112 Å². The Balaban J connectivity index is 2.29. The molecule has 2 heteroatoms. The number of esters is 1. The molecule has 0 amide bonds. The van der Waals surface area contributed by atoms with E-state index in [2.05, 4.69) is 19.1 Å². The van der Waals surface area contributed by atoms with Gasteiger partial charge in [0.2, 0.25) is 0 Å². The largest absolute Gasteiger partial charge is 0.466 e. The van der Waals surface area contributed by atoms with Crippen LogP contribution in [0.1, 0.15) is 71.1 Å². The van der Waals surface area contributed by atoms with Gasteiger partial charge in [-0.05, 0) is 31.6 Å². The summed E-state index contributed by atoms with van der Waals surface area (Å²) in [6.07, 6.45) is 16.1. The van der Waals surface area contributed by atoms with Gasteiger partial charge in [-0.15, -0.1) is 0 Å². The van der Waals surface area contributed by atoms with E-state index in [1.165, 1.54) is 44.9 Å². The minimum atomic E-state index is -0.0250. The molecular formula is C16H28O2. The topological polar surface area (TPSA) is 26.3 Å². The number of hydrogen-bond donors (Lipinski definition) is 0. The maximum atomic E-state index is 11.5. The van der Waals surface area contributed by atoms with Crippen LogP contribution < -0.4 is 0 Å². The van der Waals surface area contributed by atoms with E-state index in [1.54, 1.807) is 0 Å². The van der Waals surface area contributed by atoms with Gasteiger partial charge in [0, 0.05) is 6.42 Å². The average Bonchev–Trinajstić information content (AvgIpc) is 2.33. The molecule has 1 aliphatic rings. The van der Waals surface area contributed by atoms with E-state index in [0.29, 0.717) is 18.9 Å². The van der Waals surface area contributed by atoms with Crippen molar-refractivity contribution in [2.75, 3.05) is 6.61 Å². The molecular weight excluding hydrogens is 224 g/mol. The lowest BCUT2D eigenvalue weighted by Crippen LogP contribution is -2.10. The predicted octanol–water partition coefficient (Wildman–Crippen LogP) is 4.64. The fraction of sp³-hybridized carbons (Fsp3) is 0.812. The highest BCUT2D eigenvalue weighted by Gasteiger charge is 2.08. The maximum Gasteiger partial charge on any atom is 0.306 e. The second-order valence-electron chi connectivity index (χ2n) is 5.50. The third-order valence-electron chi connectivity index (χ3n) is 3.50. The van der Waals surface area contributed by atoms with E-state index in [4.69, 9.17) is 4.74 Å². The molecule has 1 unspecified atom stereocenters. The van der Waals surface area contributed by atoms with Crippen LogP contribution in [0.3, 0.4) is 0 Å². The molecule has 0 saturated carbocycles. The fourth-order valence-corrected chi connectivity index (χ4v) is 2.31. The molecule has 2 nitrogen and oxygen atoms in total. The Morgan fingerprint density at radius 3 is 2.44 bits per heavy atom. The molecule has 0 aliphatic carbocycles. The van der Waals surface area contributed by atoms with E-state index in [9.17, 15) is 4.79 Å². The maximum absolute atomic E-state index is 11.5. The molecule has 0 spiro atoms. The molecule has 1 heterocycles. The van der Waals surface area contributed by atoms with Crippen molar-refractivity contribution in [3.05, 3.63) is 12.2 Å². The predicted molar refractivity (Wildman–Crippen MR) is 75.4 cm³/mol. The van der Waals surface area contributed by atoms with E-state index in [1.807, 2.05) is 0 Å². The monoisotopic (exact) mass is 252 g/mol. The number of carbonyl (C=O) groups is 1. The molecule has 0 saturated heterocycles. The van der Waals surface area contributed by atoms with Crippen molar-refractivity contribution in [2.24, 2.45) is 5.92 Å². The summed E-state index contributed by atoms with van der Waals surface area (Å²) in [6, 6.07) is 0. The Kier molecular flexibility index (Phi) is 8.62. The van der Waals surface area contributed by atoms with Crippen molar-refractivity contribution >= 4 is 5.97 Å². The highest BCUT2D eigenvalue weighted by atomic mass is 16.5. The number of rotatable bonds is 0. The molecule has 0 radical (unpaired) electrons. The second kappa shape index (κ2) is 10.2. The zero-order valence-corrected chi connectivity index (χ0v) is 11.8. The van der Waals surface area contributed by atoms with Crippen molar-refractivity contribution in [3.63, 3.8) is 0 Å². The average molecular weight is 252 g/mol. The van der Waals surface area contributed by atoms with Gasteiger partial charge < -0.3 is 4.74 Å². The van der Waals surface area contributed by atoms with Crippen LogP contribution >= 0.6 is 0 Å². The zero-order chi connectivity index (χ0) is 13.1. The summed E-state index contributed by atoms with van der Waals surface area (Å²) in [6.45, 7) is 2.73. The van der Waals surface area contributed by atoms with Crippen molar-refractivity contribution in [1.82, 2.24) is 0 Å². The van der Waals surface area contributed by atoms with Gasteiger partial charge in [0.1, 0.15) is 0 Å². The summed E-state index contributed by atoms with van der Waals surface area (Å²) in [5.74, 6) is 0.379. The van der Waals surface area contributed by atoms with Crippen LogP contribution in [0.25, 0.3) is 0 Å². The highest BCUT2D eigenvalue weighted by Crippen LogP contribution is 2.13. The first-order valence-corrected chi connectivity index (χ1v) is 7.59. The van der Waals surface area contributed by atoms with Gasteiger partial charge in [0.25, 0.3) is 0 Å². The minimum Gasteiger partial charge on any atom is -0.466 e. The molecule has 1 aliphatic heterocycles. The Morgan fingerprint density at radius 2 is 1.67 bits per heavy atom. The Hall–Kier alpha value is -0.790. The first-order valence-electron chi connectivity index (χ1n) is 7.59. The molecule has 0 fully saturated rings. The SMILES string of the molecule is CC1CC=CCCCCCCCCCOC(=O)C1. The third kappa shape index (κ3) is 8.32. The summed E-state index contributed by atoms with van der Waals surface area (Å²) in [5, 5.41) is 0. The lowest BCUT2D eigenvalue weighted by Gasteiger charge is -2.09. The molecule has 0 bridgehead atoms. The van der Waals surface area contributed by atoms with Crippen molar-refractivity contribution < 1.29 is 9.53 Å². The van der Waals surface area contributed by atoms with Crippen LogP contribution in [-0.2, 0) is 9.53 Å². The first-order chi connectivity index (χ1) is 8.79. The number of cyclic esters (lactones) is 1. The molecule has 0 aromatic carbocycles. The second-order valence-corrected chi connectivity index (χ2v) is 5.50. The smallest absolute Gasteiger partial charge is 0.306 e. The van der Waals surface area contributed by atoms with Crippen molar-refractivity contribution in [1.29, 1.82) is 0 Å². The highest BCUT2D eigenvalue weighted by molar-refractivity contribution is 5.69. The number of carbonyl (C=O) groups excluding carboxylic acids is 1. The normalized spacial score (nSPS) is 25.6. The Bertz CT molecular complexity index is 245. The third-order valence-corrected chi connectivity index (χ3v) is 3.50. The lowest BCUT2D eigenvalue weighted by atomic mass is 10.0. The van der Waals surface area contributed by atoms with Crippen LogP contribution in [0.4, 0.5) is 0 Å². The van der Waals surface area contributed by atoms with Gasteiger partial charge in [-0.3, -0.25) is 4.79 Å². The van der Waals surface area contributed by atoms with Crippen LogP contribution in [0.2, 0.25) is 0 Å². The van der Waals surface area contributed by atoms with Crippen LogP contribution in [-0.4, -0.2) is 12.6 Å². The molecule has 104 valence electrons. The molecule has 0 N–H and O–H groups in total. The molecule has 1 atom stereocenters. The number of allylic oxidation sites excluding steroid dienone is 2. The van der Waals surface area contributed by atoms with E-state index in [-0.39, 0.29) is 5.97 Å². The van der Waals surface area contributed by atoms with Gasteiger partial charge in [0.05, 0.1) is 6.61 Å². The molecule has 0 aromatic rings. The van der Waals surface area contributed by atoms with Gasteiger partial charge in [-0.2, -0.15) is 0 Å². The minimum absolute atomic E-state index is 0.0250. The van der Waals surface area contributed by atoms with Crippen LogP contribution in [0.15, 0.2) is 12.2 Å². The summed E-state index contributed by atoms with van der Waals surface area (Å²) in [5.41, 5.74) is 0. The lowest BCUT2D eigenvalue weighted by molar-refractivity contribution is -0.144. The molecule has 1 rings (SSSR count). The summed E-state index contributed by atoms with van der Waals surface area (Å²) in [7, 11) is 0. The van der Waals surface area contributed by atoms with Gasteiger partial charge in [-0.1, -0.05) is 51.2 Å². The van der Waals surface area contributed by atoms with Crippen molar-refractivity contribution in [2.45, 2.75) is 71.1 Å². The van der Waals surface area contributed by atoms with Crippen LogP contribution in [0.5, 0.6) is 0 Å². The Morgan fingerprint density at radius 1 is 1.00 bits per heavy atom. The summed E-state index contributed by atoms with van der Waals surface area (Å²) >= 11 is 0. The van der Waals surface area contributed by atoms with Crippen LogP contribution in [0, 0.1) is 5.92 Å². The van der Waals surface area contributed by atoms with E-state index >= 15 is 0 Å². The number of hydrogen-bond acceptors (Lipinski definition) is 2. The number of ether oxygens (including phenoxy) is 1. The summed E-state index contributed by atoms with van der Waals surface area (Å²) < 4.78 is 5.25. The van der Waals surface area contributed by atoms with Gasteiger partial charge in [0.15, 0.2) is 0 Å². The van der Waals surface area contributed by atoms with Gasteiger partial charge in [-0.25, -0.2) is 0 Å². The van der Waals surface area contributed by atoms with E-state index in [0.717, 1.165) is 12.8 Å². The van der Waals surface area contributed by atoms with Gasteiger partial charge >= 0.3 is 5.97 Å². The molecule has 18 heavy (non-hydrogen) atoms. The van der Waals surface area contributed by atoms with Crippen molar-refractivity contribution in [3.8, 4) is 0 Å². The quantitative estimate of drug-likeness (QED) is 0.464. The first kappa shape index (κ1) is 15.3. The van der Waals surface area contributed by atoms with E-state index < -0.39 is 0 Å².